The third-order valence-electron chi connectivity index (χ3n) is 17.8. The maximum Gasteiger partial charge on any atom is 0.326 e. The normalized spacial score (nSPS) is 23.0. The maximum absolute atomic E-state index is 14.2. The molecule has 12 rings (SSSR count). The van der Waals surface area contributed by atoms with Gasteiger partial charge in [-0.15, -0.1) is 21.9 Å². The first-order valence-corrected chi connectivity index (χ1v) is 37.9. The lowest BCUT2D eigenvalue weighted by Crippen LogP contribution is -2.57. The van der Waals surface area contributed by atoms with Crippen molar-refractivity contribution < 1.29 is 79.1 Å². The molecule has 6 aromatic rings. The number of hydrogen-bond donors (Lipinski definition) is 8. The fraction of sp³-hybridized carbons (Fsp3) is 0.508. The Hall–Kier alpha value is -8.48. The van der Waals surface area contributed by atoms with E-state index in [1.807, 2.05) is 19.9 Å². The molecule has 2 saturated heterocycles. The molecule has 2 aromatic carbocycles. The standard InChI is InChI=1S/C32H38ClN7O8S2.C24H27ClN4O6S.C8H13N3O3S.CH4/c1-5-17-14-32(17,31(43)39-50(44,45)20-9-10-20)36-27(41)24-13-19(48-28-22-12-18(33)8-11-21(22)25(46-4)15-34-28)16-40(24)30(42)23(6-2)35-26-29(47-7-3)38-49-37-26;1-3-13-10-24(13,23(31)29-36(32,33)16-5-6-16)28-21(30)19-9-15(11-26-19)35-22-18-8-14(25)4-7-17(18)20(34-2)12-27-22;1-3-5(8(12)13)9-6-7(14-4-2)11-15-10-6;/h5,8,11-12,15,17,19-20,23-24H,1,6-7,9-10,13-14,16H2,2-4H3,(H,35,37)(H,36,41)(H,39,43);3-4,7-8,12-13,15-16,19,26H,1,5-6,9-11H2,2H3,(H,28,30)(H,29,31);5H,3-4H2,1-2H3,(H,9,10)(H,12,13);1H4/t17-,19-,23?,24+,32-;13-,15-,19+,24-;;/m11../s1. The second-order valence-corrected chi connectivity index (χ2v) is 30.5. The number of carbonyl (C=O) groups excluding carboxylic acids is 5. The van der Waals surface area contributed by atoms with E-state index < -0.39 is 113 Å². The van der Waals surface area contributed by atoms with Gasteiger partial charge in [0.1, 0.15) is 52.9 Å². The van der Waals surface area contributed by atoms with Crippen LogP contribution in [0.2, 0.25) is 10.0 Å². The number of carbonyl (C=O) groups is 6. The van der Waals surface area contributed by atoms with Crippen LogP contribution in [-0.2, 0) is 48.8 Å². The number of nitrogens with zero attached hydrogens (tertiary/aromatic N) is 7. The first-order valence-electron chi connectivity index (χ1n) is 32.6. The van der Waals surface area contributed by atoms with Gasteiger partial charge in [-0.25, -0.2) is 31.6 Å². The molecule has 6 aliphatic rings. The van der Waals surface area contributed by atoms with Gasteiger partial charge >= 0.3 is 5.97 Å². The molecule has 0 bridgehead atoms. The van der Waals surface area contributed by atoms with Crippen LogP contribution in [0.4, 0.5) is 11.6 Å². The zero-order chi connectivity index (χ0) is 72.7. The number of likely N-dealkylation sites (tertiary alicyclic amines) is 1. The van der Waals surface area contributed by atoms with Crippen molar-refractivity contribution in [2.45, 2.75) is 157 Å². The first-order chi connectivity index (χ1) is 48.3. The Balaban J connectivity index is 0.000000202. The summed E-state index contributed by atoms with van der Waals surface area (Å²) in [6.45, 7) is 15.9. The van der Waals surface area contributed by atoms with Crippen LogP contribution < -0.4 is 64.4 Å². The fourth-order valence-corrected chi connectivity index (χ4v) is 15.8. The predicted octanol–water partition coefficient (Wildman–Crippen LogP) is 6.58. The smallest absolute Gasteiger partial charge is 0.326 e. The Labute approximate surface area is 608 Å². The van der Waals surface area contributed by atoms with Crippen LogP contribution >= 0.6 is 46.7 Å². The van der Waals surface area contributed by atoms with Crippen LogP contribution in [0.3, 0.4) is 0 Å². The van der Waals surface area contributed by atoms with Crippen LogP contribution in [0, 0.1) is 11.8 Å². The van der Waals surface area contributed by atoms with Crippen molar-refractivity contribution in [3.63, 3.8) is 0 Å². The largest absolute Gasteiger partial charge is 0.494 e. The van der Waals surface area contributed by atoms with E-state index in [0.717, 1.165) is 28.8 Å². The molecule has 31 nitrogen and oxygen atoms in total. The molecule has 0 radical (unpaired) electrons. The number of nitrogens with one attached hydrogen (secondary N) is 7. The van der Waals surface area contributed by atoms with Crippen molar-refractivity contribution in [3.05, 3.63) is 84.1 Å². The van der Waals surface area contributed by atoms with Crippen molar-refractivity contribution in [2.75, 3.05) is 51.2 Å². The molecule has 10 atom stereocenters. The van der Waals surface area contributed by atoms with Gasteiger partial charge in [0.15, 0.2) is 0 Å². The van der Waals surface area contributed by atoms with Gasteiger partial charge in [0.25, 0.3) is 23.6 Å². The molecule has 102 heavy (non-hydrogen) atoms. The number of benzene rings is 2. The number of fused-ring (bicyclic) bond motifs is 2. The summed E-state index contributed by atoms with van der Waals surface area (Å²) in [5.74, 6) is -1.74. The summed E-state index contributed by atoms with van der Waals surface area (Å²) in [7, 11) is -4.53. The van der Waals surface area contributed by atoms with Gasteiger partial charge in [-0.3, -0.25) is 33.4 Å². The molecule has 4 saturated carbocycles. The molecule has 2 unspecified atom stereocenters. The van der Waals surface area contributed by atoms with Gasteiger partial charge in [-0.2, -0.15) is 8.75 Å². The molecular formula is C65H82Cl2N14O17S4. The first kappa shape index (κ1) is 77.7. The molecule has 5 amide bonds. The average Bonchev–Trinajstić information content (AvgIpc) is 1.58. The van der Waals surface area contributed by atoms with E-state index in [1.54, 1.807) is 63.6 Å². The number of hydrogen-bond acceptors (Lipinski definition) is 27. The van der Waals surface area contributed by atoms with Crippen LogP contribution in [0.15, 0.2) is 74.1 Å². The molecular weight excluding hydrogens is 1450 g/mol. The summed E-state index contributed by atoms with van der Waals surface area (Å²) >= 11 is 14.4. The minimum Gasteiger partial charge on any atom is -0.494 e. The summed E-state index contributed by atoms with van der Waals surface area (Å²) in [4.78, 5) is 88.8. The van der Waals surface area contributed by atoms with E-state index in [-0.39, 0.29) is 50.6 Å². The molecule has 4 aliphatic carbocycles. The lowest BCUT2D eigenvalue weighted by atomic mass is 10.1. The van der Waals surface area contributed by atoms with Gasteiger partial charge in [0.05, 0.1) is 86.4 Å². The summed E-state index contributed by atoms with van der Waals surface area (Å²) in [5.41, 5.74) is -2.84. The summed E-state index contributed by atoms with van der Waals surface area (Å²) in [6.07, 6.45) is 8.71. The van der Waals surface area contributed by atoms with Gasteiger partial charge < -0.3 is 65.0 Å². The Morgan fingerprint density at radius 3 is 1.55 bits per heavy atom. The summed E-state index contributed by atoms with van der Waals surface area (Å²) in [5, 5.41) is 26.0. The highest BCUT2D eigenvalue weighted by Crippen LogP contribution is 2.47. The van der Waals surface area contributed by atoms with E-state index in [0.29, 0.717) is 132 Å². The number of sulfonamides is 2. The number of carboxylic acids is 1. The van der Waals surface area contributed by atoms with Crippen molar-refractivity contribution in [2.24, 2.45) is 11.8 Å². The number of pyridine rings is 2. The number of aromatic nitrogens is 6. The van der Waals surface area contributed by atoms with Crippen molar-refractivity contribution >= 4 is 135 Å². The monoisotopic (exact) mass is 1530 g/mol. The van der Waals surface area contributed by atoms with Gasteiger partial charge in [-0.1, -0.05) is 56.6 Å². The van der Waals surface area contributed by atoms with Crippen molar-refractivity contribution in [3.8, 4) is 35.0 Å². The summed E-state index contributed by atoms with van der Waals surface area (Å²) < 4.78 is 104. The number of carboxylic acid groups (broad SMARTS) is 1. The lowest BCUT2D eigenvalue weighted by Gasteiger charge is -2.29. The molecule has 37 heteroatoms. The topological polar surface area (TPSA) is 411 Å². The average molecular weight is 1530 g/mol. The molecule has 2 aliphatic heterocycles. The Morgan fingerprint density at radius 2 is 1.13 bits per heavy atom. The van der Waals surface area contributed by atoms with Crippen LogP contribution in [0.1, 0.15) is 99.3 Å². The lowest BCUT2D eigenvalue weighted by molar-refractivity contribution is -0.140. The SMILES string of the molecule is C.C=C[C@@H]1C[C@]1(NC(=O)[C@@H]1C[C@@H](Oc2ncc(OC)c3ccc(Cl)cc23)CN1)C(=O)NS(=O)(=O)C1CC1.C=C[C@@H]1C[C@]1(NC(=O)[C@@H]1C[C@@H](Oc2ncc(OC)c3ccc(Cl)cc23)CN1C(=O)C(CC)Nc1nsnc1OCC)C(=O)NS(=O)(=O)C1CC1.CCOc1nsnc1NC(CC)C(=O)O. The van der Waals surface area contributed by atoms with Crippen LogP contribution in [-0.4, -0.2) is 188 Å². The highest BCUT2D eigenvalue weighted by Gasteiger charge is 2.63. The summed E-state index contributed by atoms with van der Waals surface area (Å²) in [6, 6.07) is 7.32. The number of halogens is 2. The van der Waals surface area contributed by atoms with E-state index >= 15 is 0 Å². The third-order valence-corrected chi connectivity index (χ3v) is 22.9. The Bertz CT molecular complexity index is 4360. The highest BCUT2D eigenvalue weighted by atomic mass is 35.5. The van der Waals surface area contributed by atoms with E-state index in [9.17, 15) is 45.6 Å². The van der Waals surface area contributed by atoms with Crippen molar-refractivity contribution in [1.82, 2.24) is 57.8 Å². The predicted molar refractivity (Wildman–Crippen MR) is 382 cm³/mol. The molecule has 8 N–H and O–H groups in total. The zero-order valence-corrected chi connectivity index (χ0v) is 60.6. The van der Waals surface area contributed by atoms with Gasteiger partial charge in [0, 0.05) is 62.8 Å². The second-order valence-electron chi connectivity index (χ2n) is 24.7. The number of rotatable bonds is 30. The molecule has 4 aromatic heterocycles. The Kier molecular flexibility index (Phi) is 25.0. The fourth-order valence-electron chi connectivity index (χ4n) is 11.8. The van der Waals surface area contributed by atoms with E-state index in [1.165, 1.54) is 24.3 Å². The third kappa shape index (κ3) is 17.6. The molecule has 552 valence electrons. The number of aliphatic carboxylic acids is 1. The van der Waals surface area contributed by atoms with Crippen molar-refractivity contribution in [1.29, 1.82) is 0 Å². The van der Waals surface area contributed by atoms with E-state index in [2.05, 4.69) is 76.6 Å². The Morgan fingerprint density at radius 1 is 0.667 bits per heavy atom. The molecule has 6 fully saturated rings. The molecule has 0 spiro atoms. The second kappa shape index (κ2) is 32.9. The minimum atomic E-state index is -3.88. The number of amides is 5. The van der Waals surface area contributed by atoms with E-state index in [4.69, 9.17) is 56.7 Å². The zero-order valence-electron chi connectivity index (χ0n) is 55.9. The minimum absolute atomic E-state index is 0. The maximum atomic E-state index is 14.2. The molecule has 6 heterocycles. The van der Waals surface area contributed by atoms with Crippen LogP contribution in [0.5, 0.6) is 35.0 Å². The highest BCUT2D eigenvalue weighted by molar-refractivity contribution is 7.91. The van der Waals surface area contributed by atoms with Crippen LogP contribution in [0.25, 0.3) is 21.5 Å². The van der Waals surface area contributed by atoms with Gasteiger partial charge in [-0.05, 0) is 102 Å². The number of methoxy groups -OCH3 is 2. The number of anilines is 2. The quantitative estimate of drug-likeness (QED) is 0.0221. The number of ether oxygens (including phenoxy) is 6. The van der Waals surface area contributed by atoms with Gasteiger partial charge in [0.2, 0.25) is 61.2 Å².